The second-order valence-corrected chi connectivity index (χ2v) is 4.76. The maximum Gasteiger partial charge on any atom is 0.117 e. The number of benzene rings is 1. The van der Waals surface area contributed by atoms with E-state index in [2.05, 4.69) is 24.8 Å². The first-order valence-corrected chi connectivity index (χ1v) is 5.73. The van der Waals surface area contributed by atoms with Crippen LogP contribution in [0.5, 0.6) is 5.75 Å². The average Bonchev–Trinajstić information content (AvgIpc) is 2.18. The van der Waals surface area contributed by atoms with Crippen LogP contribution in [0.4, 0.5) is 5.69 Å². The molecule has 2 nitrogen and oxygen atoms in total. The average molecular weight is 205 g/mol. The van der Waals surface area contributed by atoms with E-state index in [-0.39, 0.29) is 0 Å². The summed E-state index contributed by atoms with van der Waals surface area (Å²) in [4.78, 5) is 2.39. The van der Waals surface area contributed by atoms with Crippen LogP contribution in [0.15, 0.2) is 18.2 Å². The summed E-state index contributed by atoms with van der Waals surface area (Å²) in [6, 6.07) is 5.74. The standard InChI is InChI=1S/C13H19NO/c1-10(2)9-14-7-3-4-11-5-6-12(15)8-13(11)14/h5-6,8,10,15H,3-4,7,9H2,1-2H3. The summed E-state index contributed by atoms with van der Waals surface area (Å²) < 4.78 is 0. The molecule has 0 bridgehead atoms. The Kier molecular flexibility index (Phi) is 2.85. The zero-order valence-corrected chi connectivity index (χ0v) is 9.53. The fourth-order valence-corrected chi connectivity index (χ4v) is 2.27. The van der Waals surface area contributed by atoms with Gasteiger partial charge in [0.05, 0.1) is 0 Å². The summed E-state index contributed by atoms with van der Waals surface area (Å²) in [5.74, 6) is 1.04. The van der Waals surface area contributed by atoms with Crippen LogP contribution < -0.4 is 4.90 Å². The van der Waals surface area contributed by atoms with Crippen molar-refractivity contribution in [2.24, 2.45) is 5.92 Å². The van der Waals surface area contributed by atoms with Crippen molar-refractivity contribution in [3.05, 3.63) is 23.8 Å². The van der Waals surface area contributed by atoms with E-state index in [0.29, 0.717) is 11.7 Å². The van der Waals surface area contributed by atoms with E-state index in [4.69, 9.17) is 0 Å². The van der Waals surface area contributed by atoms with Gasteiger partial charge in [0.1, 0.15) is 5.75 Å². The van der Waals surface area contributed by atoms with E-state index in [9.17, 15) is 5.11 Å². The number of phenols is 1. The molecule has 1 heterocycles. The molecule has 2 rings (SSSR count). The van der Waals surface area contributed by atoms with E-state index < -0.39 is 0 Å². The maximum absolute atomic E-state index is 9.51. The van der Waals surface area contributed by atoms with Crippen LogP contribution >= 0.6 is 0 Å². The lowest BCUT2D eigenvalue weighted by atomic mass is 10.0. The molecule has 0 amide bonds. The zero-order chi connectivity index (χ0) is 10.8. The third-order valence-corrected chi connectivity index (χ3v) is 2.87. The van der Waals surface area contributed by atoms with Crippen LogP contribution in [0.2, 0.25) is 0 Å². The molecule has 0 saturated heterocycles. The summed E-state index contributed by atoms with van der Waals surface area (Å²) in [6.45, 7) is 6.67. The summed E-state index contributed by atoms with van der Waals surface area (Å²) in [5.41, 5.74) is 2.61. The number of anilines is 1. The fraction of sp³-hybridized carbons (Fsp3) is 0.538. The highest BCUT2D eigenvalue weighted by Gasteiger charge is 2.17. The van der Waals surface area contributed by atoms with Gasteiger partial charge in [0, 0.05) is 24.8 Å². The Labute approximate surface area is 91.5 Å². The molecular weight excluding hydrogens is 186 g/mol. The highest BCUT2D eigenvalue weighted by Crippen LogP contribution is 2.30. The fourth-order valence-electron chi connectivity index (χ4n) is 2.27. The van der Waals surface area contributed by atoms with Gasteiger partial charge in [-0.05, 0) is 30.4 Å². The Hall–Kier alpha value is -1.18. The molecule has 0 saturated carbocycles. The number of aromatic hydroxyl groups is 1. The molecule has 1 aromatic carbocycles. The van der Waals surface area contributed by atoms with E-state index in [0.717, 1.165) is 19.5 Å². The third-order valence-electron chi connectivity index (χ3n) is 2.87. The number of aryl methyl sites for hydroxylation is 1. The molecule has 2 heteroatoms. The molecule has 0 unspecified atom stereocenters. The molecule has 0 spiro atoms. The predicted molar refractivity (Wildman–Crippen MR) is 63.5 cm³/mol. The van der Waals surface area contributed by atoms with Crippen molar-refractivity contribution in [1.82, 2.24) is 0 Å². The molecule has 1 aliphatic rings. The summed E-state index contributed by atoms with van der Waals surface area (Å²) >= 11 is 0. The van der Waals surface area contributed by atoms with Gasteiger partial charge in [0.15, 0.2) is 0 Å². The Morgan fingerprint density at radius 2 is 2.20 bits per heavy atom. The van der Waals surface area contributed by atoms with Crippen molar-refractivity contribution in [2.75, 3.05) is 18.0 Å². The van der Waals surface area contributed by atoms with Crippen molar-refractivity contribution < 1.29 is 5.11 Å². The Bertz CT molecular complexity index is 346. The van der Waals surface area contributed by atoms with Gasteiger partial charge in [-0.2, -0.15) is 0 Å². The lowest BCUT2D eigenvalue weighted by Crippen LogP contribution is -2.32. The van der Waals surface area contributed by atoms with Gasteiger partial charge in [-0.25, -0.2) is 0 Å². The quantitative estimate of drug-likeness (QED) is 0.802. The van der Waals surface area contributed by atoms with E-state index in [1.165, 1.54) is 17.7 Å². The monoisotopic (exact) mass is 205 g/mol. The number of hydrogen-bond donors (Lipinski definition) is 1. The molecule has 1 aromatic rings. The normalized spacial score (nSPS) is 15.5. The van der Waals surface area contributed by atoms with Crippen LogP contribution in [-0.4, -0.2) is 18.2 Å². The number of nitrogens with zero attached hydrogens (tertiary/aromatic N) is 1. The molecule has 1 N–H and O–H groups in total. The Morgan fingerprint density at radius 3 is 2.93 bits per heavy atom. The van der Waals surface area contributed by atoms with E-state index in [1.807, 2.05) is 6.07 Å². The molecule has 0 atom stereocenters. The summed E-state index contributed by atoms with van der Waals surface area (Å²) in [7, 11) is 0. The van der Waals surface area contributed by atoms with Crippen LogP contribution in [0, 0.1) is 5.92 Å². The highest BCUT2D eigenvalue weighted by molar-refractivity contribution is 5.58. The first-order chi connectivity index (χ1) is 7.16. The minimum atomic E-state index is 0.379. The number of hydrogen-bond acceptors (Lipinski definition) is 2. The van der Waals surface area contributed by atoms with Crippen LogP contribution in [0.3, 0.4) is 0 Å². The zero-order valence-electron chi connectivity index (χ0n) is 9.53. The first-order valence-electron chi connectivity index (χ1n) is 5.73. The van der Waals surface area contributed by atoms with Gasteiger partial charge in [-0.1, -0.05) is 19.9 Å². The number of rotatable bonds is 2. The Morgan fingerprint density at radius 1 is 1.40 bits per heavy atom. The maximum atomic E-state index is 9.51. The lowest BCUT2D eigenvalue weighted by molar-refractivity contribution is 0.474. The van der Waals surface area contributed by atoms with Crippen molar-refractivity contribution >= 4 is 5.69 Å². The van der Waals surface area contributed by atoms with Gasteiger partial charge in [-0.3, -0.25) is 0 Å². The highest BCUT2D eigenvalue weighted by atomic mass is 16.3. The minimum absolute atomic E-state index is 0.379. The number of fused-ring (bicyclic) bond motifs is 1. The first kappa shape index (κ1) is 10.3. The largest absolute Gasteiger partial charge is 0.508 e. The van der Waals surface area contributed by atoms with Crippen molar-refractivity contribution in [2.45, 2.75) is 26.7 Å². The third kappa shape index (κ3) is 2.25. The SMILES string of the molecule is CC(C)CN1CCCc2ccc(O)cc21. The minimum Gasteiger partial charge on any atom is -0.508 e. The van der Waals surface area contributed by atoms with Crippen molar-refractivity contribution in [3.8, 4) is 5.75 Å². The van der Waals surface area contributed by atoms with Gasteiger partial charge >= 0.3 is 0 Å². The smallest absolute Gasteiger partial charge is 0.117 e. The van der Waals surface area contributed by atoms with Gasteiger partial charge in [0.25, 0.3) is 0 Å². The summed E-state index contributed by atoms with van der Waals surface area (Å²) in [6.07, 6.45) is 2.37. The molecule has 15 heavy (non-hydrogen) atoms. The molecule has 0 radical (unpaired) electrons. The second kappa shape index (κ2) is 4.13. The van der Waals surface area contributed by atoms with Crippen molar-refractivity contribution in [3.63, 3.8) is 0 Å². The Balaban J connectivity index is 2.28. The van der Waals surface area contributed by atoms with Crippen molar-refractivity contribution in [1.29, 1.82) is 0 Å². The topological polar surface area (TPSA) is 23.5 Å². The van der Waals surface area contributed by atoms with Crippen LogP contribution in [-0.2, 0) is 6.42 Å². The van der Waals surface area contributed by atoms with Gasteiger partial charge in [-0.15, -0.1) is 0 Å². The van der Waals surface area contributed by atoms with Gasteiger partial charge < -0.3 is 10.0 Å². The summed E-state index contributed by atoms with van der Waals surface area (Å²) in [5, 5.41) is 9.51. The van der Waals surface area contributed by atoms with Gasteiger partial charge in [0.2, 0.25) is 0 Å². The lowest BCUT2D eigenvalue weighted by Gasteiger charge is -2.32. The molecule has 0 fully saturated rings. The molecular formula is C13H19NO. The number of phenolic OH excluding ortho intramolecular Hbond substituents is 1. The molecule has 0 aliphatic carbocycles. The van der Waals surface area contributed by atoms with E-state index >= 15 is 0 Å². The predicted octanol–water partition coefficient (Wildman–Crippen LogP) is 2.80. The van der Waals surface area contributed by atoms with Crippen LogP contribution in [0.25, 0.3) is 0 Å². The molecule has 1 aliphatic heterocycles. The van der Waals surface area contributed by atoms with E-state index in [1.54, 1.807) is 6.07 Å². The molecule has 0 aromatic heterocycles. The molecule has 82 valence electrons. The van der Waals surface area contributed by atoms with Crippen LogP contribution in [0.1, 0.15) is 25.8 Å². The second-order valence-electron chi connectivity index (χ2n) is 4.76.